The molecule has 0 aromatic carbocycles. The molecule has 0 aliphatic heterocycles. The molecule has 0 aliphatic rings. The molecule has 0 amide bonds. The first-order chi connectivity index (χ1) is 9.29. The Hall–Kier alpha value is -0.940. The SMILES string of the molecule is CCOC(=O)C(CC)(CN)Cc1nc(C(C)(C)C)cs1. The summed E-state index contributed by atoms with van der Waals surface area (Å²) in [5, 5.41) is 3.02. The van der Waals surface area contributed by atoms with Crippen LogP contribution in [-0.2, 0) is 21.4 Å². The van der Waals surface area contributed by atoms with Crippen molar-refractivity contribution in [2.45, 2.75) is 52.9 Å². The number of nitrogens with two attached hydrogens (primary N) is 1. The molecule has 0 saturated carbocycles. The highest BCUT2D eigenvalue weighted by Gasteiger charge is 2.38. The summed E-state index contributed by atoms with van der Waals surface area (Å²) in [5.74, 6) is -0.211. The van der Waals surface area contributed by atoms with Gasteiger partial charge in [0.25, 0.3) is 0 Å². The number of esters is 1. The van der Waals surface area contributed by atoms with Gasteiger partial charge in [0.05, 0.1) is 22.7 Å². The van der Waals surface area contributed by atoms with Crippen LogP contribution in [-0.4, -0.2) is 24.1 Å². The van der Waals surface area contributed by atoms with Gasteiger partial charge in [0, 0.05) is 23.8 Å². The first kappa shape index (κ1) is 17.1. The zero-order chi connectivity index (χ0) is 15.4. The fraction of sp³-hybridized carbons (Fsp3) is 0.733. The third-order valence-electron chi connectivity index (χ3n) is 3.59. The highest BCUT2D eigenvalue weighted by atomic mass is 32.1. The van der Waals surface area contributed by atoms with Crippen molar-refractivity contribution in [3.05, 3.63) is 16.1 Å². The van der Waals surface area contributed by atoms with Crippen LogP contribution in [0.15, 0.2) is 5.38 Å². The Kier molecular flexibility index (Phi) is 5.71. The van der Waals surface area contributed by atoms with Crippen LogP contribution in [0.3, 0.4) is 0 Å². The van der Waals surface area contributed by atoms with Crippen molar-refractivity contribution in [3.63, 3.8) is 0 Å². The van der Waals surface area contributed by atoms with E-state index >= 15 is 0 Å². The zero-order valence-electron chi connectivity index (χ0n) is 13.2. The molecule has 0 radical (unpaired) electrons. The van der Waals surface area contributed by atoms with Gasteiger partial charge in [0.2, 0.25) is 0 Å². The van der Waals surface area contributed by atoms with Crippen LogP contribution in [0, 0.1) is 5.41 Å². The number of aromatic nitrogens is 1. The van der Waals surface area contributed by atoms with Crippen LogP contribution < -0.4 is 5.73 Å². The molecule has 0 spiro atoms. The Balaban J connectivity index is 2.96. The molecule has 0 aliphatic carbocycles. The molecule has 0 fully saturated rings. The minimum Gasteiger partial charge on any atom is -0.466 e. The minimum atomic E-state index is -0.650. The fourth-order valence-electron chi connectivity index (χ4n) is 1.95. The summed E-state index contributed by atoms with van der Waals surface area (Å²) >= 11 is 1.60. The Morgan fingerprint density at radius 3 is 2.45 bits per heavy atom. The van der Waals surface area contributed by atoms with Crippen LogP contribution in [0.1, 0.15) is 51.7 Å². The predicted octanol–water partition coefficient (Wildman–Crippen LogP) is 2.90. The van der Waals surface area contributed by atoms with Crippen molar-refractivity contribution in [2.75, 3.05) is 13.2 Å². The summed E-state index contributed by atoms with van der Waals surface area (Å²) in [6.07, 6.45) is 1.21. The normalized spacial score (nSPS) is 14.9. The van der Waals surface area contributed by atoms with Crippen molar-refractivity contribution in [1.29, 1.82) is 0 Å². The van der Waals surface area contributed by atoms with Crippen molar-refractivity contribution in [2.24, 2.45) is 11.1 Å². The molecule has 1 heterocycles. The van der Waals surface area contributed by atoms with Gasteiger partial charge in [-0.05, 0) is 13.3 Å². The number of nitrogens with zero attached hydrogens (tertiary/aromatic N) is 1. The number of hydrogen-bond acceptors (Lipinski definition) is 5. The lowest BCUT2D eigenvalue weighted by Gasteiger charge is -2.27. The molecule has 2 N–H and O–H groups in total. The van der Waals surface area contributed by atoms with Gasteiger partial charge in [-0.1, -0.05) is 27.7 Å². The number of hydrogen-bond donors (Lipinski definition) is 1. The Bertz CT molecular complexity index is 445. The summed E-state index contributed by atoms with van der Waals surface area (Å²) in [4.78, 5) is 16.9. The second-order valence-electron chi connectivity index (χ2n) is 6.11. The maximum absolute atomic E-state index is 12.2. The number of carbonyl (C=O) groups is 1. The van der Waals surface area contributed by atoms with E-state index in [1.807, 2.05) is 13.8 Å². The lowest BCUT2D eigenvalue weighted by Crippen LogP contribution is -2.41. The van der Waals surface area contributed by atoms with Crippen molar-refractivity contribution >= 4 is 17.3 Å². The summed E-state index contributed by atoms with van der Waals surface area (Å²) < 4.78 is 5.19. The van der Waals surface area contributed by atoms with E-state index in [4.69, 9.17) is 10.5 Å². The second kappa shape index (κ2) is 6.68. The van der Waals surface area contributed by atoms with Gasteiger partial charge < -0.3 is 10.5 Å². The van der Waals surface area contributed by atoms with Gasteiger partial charge in [-0.2, -0.15) is 0 Å². The average molecular weight is 298 g/mol. The van der Waals surface area contributed by atoms with Crippen molar-refractivity contribution in [1.82, 2.24) is 4.98 Å². The number of rotatable bonds is 6. The number of carbonyl (C=O) groups excluding carboxylic acids is 1. The Labute approximate surface area is 125 Å². The molecular weight excluding hydrogens is 272 g/mol. The monoisotopic (exact) mass is 298 g/mol. The van der Waals surface area contributed by atoms with Crippen LogP contribution in [0.5, 0.6) is 0 Å². The van der Waals surface area contributed by atoms with E-state index in [1.165, 1.54) is 0 Å². The maximum Gasteiger partial charge on any atom is 0.313 e. The standard InChI is InChI=1S/C15H26N2O2S/c1-6-15(10-16,13(18)19-7-2)8-12-17-11(9-20-12)14(3,4)5/h9H,6-8,10,16H2,1-5H3. The summed E-state index contributed by atoms with van der Waals surface area (Å²) in [6.45, 7) is 10.9. The summed E-state index contributed by atoms with van der Waals surface area (Å²) in [6, 6.07) is 0. The zero-order valence-corrected chi connectivity index (χ0v) is 14.0. The smallest absolute Gasteiger partial charge is 0.313 e. The van der Waals surface area contributed by atoms with Gasteiger partial charge in [-0.15, -0.1) is 11.3 Å². The van der Waals surface area contributed by atoms with Crippen LogP contribution in [0.4, 0.5) is 0 Å². The third-order valence-corrected chi connectivity index (χ3v) is 4.43. The molecule has 1 atom stereocenters. The molecule has 0 bridgehead atoms. The van der Waals surface area contributed by atoms with E-state index in [0.717, 1.165) is 10.7 Å². The molecule has 1 rings (SSSR count). The molecule has 0 saturated heterocycles. The molecular formula is C15H26N2O2S. The first-order valence-corrected chi connectivity index (χ1v) is 7.99. The van der Waals surface area contributed by atoms with Gasteiger partial charge in [-0.25, -0.2) is 4.98 Å². The van der Waals surface area contributed by atoms with Crippen LogP contribution in [0.25, 0.3) is 0 Å². The number of ether oxygens (including phenoxy) is 1. The maximum atomic E-state index is 12.2. The Morgan fingerprint density at radius 2 is 2.05 bits per heavy atom. The van der Waals surface area contributed by atoms with Gasteiger partial charge in [0.15, 0.2) is 0 Å². The largest absolute Gasteiger partial charge is 0.466 e. The van der Waals surface area contributed by atoms with Crippen molar-refractivity contribution in [3.8, 4) is 0 Å². The molecule has 1 aromatic rings. The van der Waals surface area contributed by atoms with E-state index in [0.29, 0.717) is 19.4 Å². The minimum absolute atomic E-state index is 0.0241. The van der Waals surface area contributed by atoms with E-state index in [-0.39, 0.29) is 17.9 Å². The molecule has 114 valence electrons. The summed E-state index contributed by atoms with van der Waals surface area (Å²) in [5.41, 5.74) is 6.30. The third kappa shape index (κ3) is 3.79. The lowest BCUT2D eigenvalue weighted by molar-refractivity contribution is -0.155. The molecule has 20 heavy (non-hydrogen) atoms. The predicted molar refractivity (Wildman–Crippen MR) is 82.9 cm³/mol. The second-order valence-corrected chi connectivity index (χ2v) is 7.05. The van der Waals surface area contributed by atoms with Gasteiger partial charge >= 0.3 is 5.97 Å². The topological polar surface area (TPSA) is 65.2 Å². The molecule has 1 unspecified atom stereocenters. The van der Waals surface area contributed by atoms with Crippen molar-refractivity contribution < 1.29 is 9.53 Å². The average Bonchev–Trinajstić information content (AvgIpc) is 2.84. The molecule has 1 aromatic heterocycles. The molecule has 5 heteroatoms. The Morgan fingerprint density at radius 1 is 1.40 bits per heavy atom. The van der Waals surface area contributed by atoms with E-state index < -0.39 is 5.41 Å². The number of thiazole rings is 1. The summed E-state index contributed by atoms with van der Waals surface area (Å²) in [7, 11) is 0. The van der Waals surface area contributed by atoms with Gasteiger partial charge in [0.1, 0.15) is 0 Å². The van der Waals surface area contributed by atoms with E-state index in [2.05, 4.69) is 31.1 Å². The van der Waals surface area contributed by atoms with E-state index in [1.54, 1.807) is 11.3 Å². The first-order valence-electron chi connectivity index (χ1n) is 7.11. The highest BCUT2D eigenvalue weighted by Crippen LogP contribution is 2.31. The van der Waals surface area contributed by atoms with E-state index in [9.17, 15) is 4.79 Å². The van der Waals surface area contributed by atoms with Crippen LogP contribution in [0.2, 0.25) is 0 Å². The highest BCUT2D eigenvalue weighted by molar-refractivity contribution is 7.09. The lowest BCUT2D eigenvalue weighted by atomic mass is 9.82. The van der Waals surface area contributed by atoms with Gasteiger partial charge in [-0.3, -0.25) is 4.79 Å². The van der Waals surface area contributed by atoms with Crippen LogP contribution >= 0.6 is 11.3 Å². The quantitative estimate of drug-likeness (QED) is 0.820. The fourth-order valence-corrected chi connectivity index (χ4v) is 3.12. The molecule has 4 nitrogen and oxygen atoms in total.